The number of rotatable bonds is 5. The van der Waals surface area contributed by atoms with Gasteiger partial charge in [-0.3, -0.25) is 10.1 Å². The van der Waals surface area contributed by atoms with E-state index in [0.29, 0.717) is 0 Å². The topological polar surface area (TPSA) is 127 Å². The highest BCUT2D eigenvalue weighted by atomic mass is 32.2. The van der Waals surface area contributed by atoms with Crippen LogP contribution in [-0.2, 0) is 10.0 Å². The SMILES string of the molecule is CC(O)CN(C)S(=O)(=O)c1cc([N+](=O)[O-])ccc1N. The average molecular weight is 289 g/mol. The van der Waals surface area contributed by atoms with Crippen molar-refractivity contribution in [3.05, 3.63) is 28.3 Å². The molecule has 0 saturated carbocycles. The second-order valence-electron chi connectivity index (χ2n) is 4.11. The van der Waals surface area contributed by atoms with Crippen LogP contribution in [0.5, 0.6) is 0 Å². The number of nitro benzene ring substituents is 1. The molecule has 0 spiro atoms. The Kier molecular flexibility index (Phi) is 4.45. The molecular weight excluding hydrogens is 274 g/mol. The Hall–Kier alpha value is -1.71. The number of aliphatic hydroxyl groups is 1. The molecule has 0 aromatic heterocycles. The number of nitrogens with two attached hydrogens (primary N) is 1. The van der Waals surface area contributed by atoms with Crippen LogP contribution in [0, 0.1) is 10.1 Å². The molecule has 1 aromatic rings. The number of likely N-dealkylation sites (N-methyl/N-ethyl adjacent to an activating group) is 1. The molecule has 0 fully saturated rings. The molecule has 19 heavy (non-hydrogen) atoms. The number of aliphatic hydroxyl groups excluding tert-OH is 1. The van der Waals surface area contributed by atoms with Crippen LogP contribution >= 0.6 is 0 Å². The van der Waals surface area contributed by atoms with Crippen LogP contribution in [0.3, 0.4) is 0 Å². The smallest absolute Gasteiger partial charge is 0.270 e. The Morgan fingerprint density at radius 3 is 2.58 bits per heavy atom. The third kappa shape index (κ3) is 3.40. The molecule has 0 saturated heterocycles. The van der Waals surface area contributed by atoms with Gasteiger partial charge in [0.2, 0.25) is 10.0 Å². The molecule has 1 aromatic carbocycles. The Bertz CT molecular complexity index is 585. The summed E-state index contributed by atoms with van der Waals surface area (Å²) in [5, 5.41) is 19.9. The molecule has 0 radical (unpaired) electrons. The van der Waals surface area contributed by atoms with Crippen molar-refractivity contribution in [1.82, 2.24) is 4.31 Å². The highest BCUT2D eigenvalue weighted by molar-refractivity contribution is 7.89. The van der Waals surface area contributed by atoms with Gasteiger partial charge in [-0.1, -0.05) is 0 Å². The van der Waals surface area contributed by atoms with Crippen molar-refractivity contribution in [2.24, 2.45) is 0 Å². The molecule has 0 bridgehead atoms. The summed E-state index contributed by atoms with van der Waals surface area (Å²) in [6, 6.07) is 3.20. The lowest BCUT2D eigenvalue weighted by atomic mass is 10.3. The first-order valence-corrected chi connectivity index (χ1v) is 6.78. The molecule has 9 heteroatoms. The van der Waals surface area contributed by atoms with Gasteiger partial charge in [-0.25, -0.2) is 8.42 Å². The van der Waals surface area contributed by atoms with Crippen molar-refractivity contribution in [3.63, 3.8) is 0 Å². The first kappa shape index (κ1) is 15.3. The van der Waals surface area contributed by atoms with E-state index in [0.717, 1.165) is 16.4 Å². The van der Waals surface area contributed by atoms with E-state index in [1.54, 1.807) is 0 Å². The van der Waals surface area contributed by atoms with Gasteiger partial charge in [-0.05, 0) is 13.0 Å². The van der Waals surface area contributed by atoms with Crippen molar-refractivity contribution >= 4 is 21.4 Å². The molecule has 0 heterocycles. The van der Waals surface area contributed by atoms with Crippen molar-refractivity contribution in [2.75, 3.05) is 19.3 Å². The van der Waals surface area contributed by atoms with Crippen LogP contribution in [0.15, 0.2) is 23.1 Å². The van der Waals surface area contributed by atoms with Gasteiger partial charge < -0.3 is 10.8 Å². The van der Waals surface area contributed by atoms with Crippen LogP contribution < -0.4 is 5.73 Å². The van der Waals surface area contributed by atoms with Crippen LogP contribution in [0.2, 0.25) is 0 Å². The van der Waals surface area contributed by atoms with Gasteiger partial charge in [-0.2, -0.15) is 4.31 Å². The van der Waals surface area contributed by atoms with E-state index >= 15 is 0 Å². The highest BCUT2D eigenvalue weighted by Gasteiger charge is 2.26. The van der Waals surface area contributed by atoms with Gasteiger partial charge in [0.1, 0.15) is 4.90 Å². The predicted molar refractivity (Wildman–Crippen MR) is 69.0 cm³/mol. The van der Waals surface area contributed by atoms with Crippen molar-refractivity contribution in [2.45, 2.75) is 17.9 Å². The molecule has 1 rings (SSSR count). The predicted octanol–water partition coefficient (Wildman–Crippen LogP) is 0.178. The largest absolute Gasteiger partial charge is 0.398 e. The summed E-state index contributed by atoms with van der Waals surface area (Å²) in [5.74, 6) is 0. The maximum atomic E-state index is 12.2. The average Bonchev–Trinajstić information content (AvgIpc) is 2.27. The molecule has 1 atom stereocenters. The van der Waals surface area contributed by atoms with E-state index in [1.165, 1.54) is 20.0 Å². The highest BCUT2D eigenvalue weighted by Crippen LogP contribution is 2.26. The van der Waals surface area contributed by atoms with E-state index in [9.17, 15) is 23.6 Å². The molecular formula is C10H15N3O5S. The van der Waals surface area contributed by atoms with Crippen molar-refractivity contribution < 1.29 is 18.4 Å². The first-order chi connectivity index (χ1) is 8.66. The quantitative estimate of drug-likeness (QED) is 0.452. The number of sulfonamides is 1. The summed E-state index contributed by atoms with van der Waals surface area (Å²) >= 11 is 0. The zero-order valence-electron chi connectivity index (χ0n) is 10.5. The monoisotopic (exact) mass is 289 g/mol. The molecule has 1 unspecified atom stereocenters. The number of nitrogens with zero attached hydrogens (tertiary/aromatic N) is 2. The maximum absolute atomic E-state index is 12.2. The van der Waals surface area contributed by atoms with E-state index < -0.39 is 21.1 Å². The van der Waals surface area contributed by atoms with E-state index in [4.69, 9.17) is 5.73 Å². The minimum Gasteiger partial charge on any atom is -0.398 e. The Balaban J connectivity index is 3.28. The summed E-state index contributed by atoms with van der Waals surface area (Å²) in [4.78, 5) is 9.61. The number of non-ortho nitro benzene ring substituents is 1. The van der Waals surface area contributed by atoms with Crippen LogP contribution in [0.4, 0.5) is 11.4 Å². The number of hydrogen-bond acceptors (Lipinski definition) is 6. The first-order valence-electron chi connectivity index (χ1n) is 5.34. The van der Waals surface area contributed by atoms with Crippen LogP contribution in [-0.4, -0.2) is 42.4 Å². The fraction of sp³-hybridized carbons (Fsp3) is 0.400. The normalized spacial score (nSPS) is 13.5. The Labute approximate surface area is 110 Å². The lowest BCUT2D eigenvalue weighted by Crippen LogP contribution is -2.33. The Morgan fingerprint density at radius 1 is 1.53 bits per heavy atom. The minimum absolute atomic E-state index is 0.0805. The molecule has 0 aliphatic rings. The minimum atomic E-state index is -3.98. The fourth-order valence-electron chi connectivity index (χ4n) is 1.50. The molecule has 8 nitrogen and oxygen atoms in total. The van der Waals surface area contributed by atoms with Gasteiger partial charge in [0.05, 0.1) is 16.7 Å². The number of anilines is 1. The van der Waals surface area contributed by atoms with Crippen LogP contribution in [0.25, 0.3) is 0 Å². The van der Waals surface area contributed by atoms with Gasteiger partial charge in [0.25, 0.3) is 5.69 Å². The van der Waals surface area contributed by atoms with Crippen molar-refractivity contribution in [3.8, 4) is 0 Å². The molecule has 0 amide bonds. The molecule has 106 valence electrons. The second kappa shape index (κ2) is 5.51. The number of nitro groups is 1. The van der Waals surface area contributed by atoms with Crippen LogP contribution in [0.1, 0.15) is 6.92 Å². The summed E-state index contributed by atoms with van der Waals surface area (Å²) in [6.45, 7) is 1.30. The lowest BCUT2D eigenvalue weighted by molar-refractivity contribution is -0.385. The summed E-state index contributed by atoms with van der Waals surface area (Å²) in [6.07, 6.45) is -0.861. The second-order valence-corrected chi connectivity index (χ2v) is 6.13. The number of hydrogen-bond donors (Lipinski definition) is 2. The summed E-state index contributed by atoms with van der Waals surface area (Å²) < 4.78 is 25.2. The summed E-state index contributed by atoms with van der Waals surface area (Å²) in [7, 11) is -2.71. The standard InChI is InChI=1S/C10H15N3O5S/c1-7(14)6-12(2)19(17,18)10-5-8(13(15)16)3-4-9(10)11/h3-5,7,14H,6,11H2,1-2H3. The van der Waals surface area contributed by atoms with Gasteiger partial charge in [0, 0.05) is 25.7 Å². The molecule has 0 aliphatic heterocycles. The third-order valence-corrected chi connectivity index (χ3v) is 4.30. The third-order valence-electron chi connectivity index (χ3n) is 2.42. The van der Waals surface area contributed by atoms with E-state index in [1.807, 2.05) is 0 Å². The summed E-state index contributed by atoms with van der Waals surface area (Å²) in [5.41, 5.74) is 5.11. The molecule has 3 N–H and O–H groups in total. The van der Waals surface area contributed by atoms with Gasteiger partial charge in [0.15, 0.2) is 0 Å². The number of nitrogen functional groups attached to an aromatic ring is 1. The lowest BCUT2D eigenvalue weighted by Gasteiger charge is -2.19. The zero-order valence-corrected chi connectivity index (χ0v) is 11.3. The Morgan fingerprint density at radius 2 is 2.11 bits per heavy atom. The fourth-order valence-corrected chi connectivity index (χ4v) is 2.88. The maximum Gasteiger partial charge on any atom is 0.270 e. The van der Waals surface area contributed by atoms with Crippen molar-refractivity contribution in [1.29, 1.82) is 0 Å². The van der Waals surface area contributed by atoms with Gasteiger partial charge in [-0.15, -0.1) is 0 Å². The molecule has 0 aliphatic carbocycles. The number of benzene rings is 1. The van der Waals surface area contributed by atoms with E-state index in [-0.39, 0.29) is 22.8 Å². The zero-order chi connectivity index (χ0) is 14.8. The van der Waals surface area contributed by atoms with E-state index in [2.05, 4.69) is 0 Å². The van der Waals surface area contributed by atoms with Gasteiger partial charge >= 0.3 is 0 Å².